The summed E-state index contributed by atoms with van der Waals surface area (Å²) in [5.74, 6) is 1.50. The molecule has 0 saturated carbocycles. The Morgan fingerprint density at radius 1 is 0.561 bits per heavy atom. The molecule has 0 radical (unpaired) electrons. The molecule has 0 spiro atoms. The quantitative estimate of drug-likeness (QED) is 0.332. The standard InChI is InChI=1S/C33H42ClN3.3ClH.Co/c1-19(2)28-11-23(9)12-29(20(3)4)32(28)35-17-26-15-25(34)16-27(37-26)18-36-33-30(21(5)6)13-24(10)14-31(33)22(7)8;;;;/h11-22H,1-10H3;3*1H;/q;;;;+3/p-3. The van der Waals surface area contributed by atoms with Gasteiger partial charge in [0.15, 0.2) is 0 Å². The summed E-state index contributed by atoms with van der Waals surface area (Å²) < 4.78 is 0. The molecule has 8 heteroatoms. The molecule has 3 aromatic rings. The van der Waals surface area contributed by atoms with Crippen LogP contribution in [0.1, 0.15) is 124 Å². The van der Waals surface area contributed by atoms with Gasteiger partial charge < -0.3 is 37.2 Å². The molecule has 41 heavy (non-hydrogen) atoms. The van der Waals surface area contributed by atoms with Crippen LogP contribution in [0.4, 0.5) is 11.4 Å². The van der Waals surface area contributed by atoms with Gasteiger partial charge in [0.05, 0.1) is 35.2 Å². The van der Waals surface area contributed by atoms with Crippen LogP contribution in [0.3, 0.4) is 0 Å². The molecule has 0 saturated heterocycles. The summed E-state index contributed by atoms with van der Waals surface area (Å²) in [6.07, 6.45) is 3.66. The Hall–Kier alpha value is -1.40. The molecule has 0 fully saturated rings. The number of pyridine rings is 1. The Morgan fingerprint density at radius 3 is 1.07 bits per heavy atom. The molecular weight excluding hydrogens is 639 g/mol. The van der Waals surface area contributed by atoms with E-state index in [-0.39, 0.29) is 54.0 Å². The van der Waals surface area contributed by atoms with Gasteiger partial charge in [0.2, 0.25) is 0 Å². The largest absolute Gasteiger partial charge is 3.00 e. The average Bonchev–Trinajstić information content (AvgIpc) is 2.80. The van der Waals surface area contributed by atoms with Crippen molar-refractivity contribution in [1.29, 1.82) is 0 Å². The molecule has 1 heterocycles. The molecule has 0 aliphatic carbocycles. The van der Waals surface area contributed by atoms with Gasteiger partial charge in [-0.15, -0.1) is 0 Å². The van der Waals surface area contributed by atoms with Crippen LogP contribution in [0.25, 0.3) is 0 Å². The molecule has 0 atom stereocenters. The number of halogens is 4. The van der Waals surface area contributed by atoms with Crippen molar-refractivity contribution in [3.05, 3.63) is 86.2 Å². The number of rotatable bonds is 8. The number of aryl methyl sites for hydroxylation is 2. The van der Waals surface area contributed by atoms with Crippen LogP contribution in [-0.4, -0.2) is 17.4 Å². The minimum absolute atomic E-state index is 0. The smallest absolute Gasteiger partial charge is 1.00 e. The number of aliphatic imine (C=N–C) groups is 2. The third-order valence-electron chi connectivity index (χ3n) is 6.60. The zero-order chi connectivity index (χ0) is 27.4. The molecule has 3 rings (SSSR count). The zero-order valence-electron chi connectivity index (χ0n) is 25.6. The first kappa shape index (κ1) is 41.7. The molecule has 0 N–H and O–H groups in total. The summed E-state index contributed by atoms with van der Waals surface area (Å²) in [5.41, 5.74) is 11.1. The summed E-state index contributed by atoms with van der Waals surface area (Å²) >= 11 is 6.52. The van der Waals surface area contributed by atoms with Crippen molar-refractivity contribution < 1.29 is 54.0 Å². The molecule has 3 nitrogen and oxygen atoms in total. The Labute approximate surface area is 281 Å². The Balaban J connectivity index is 0. The van der Waals surface area contributed by atoms with E-state index in [4.69, 9.17) is 26.6 Å². The second kappa shape index (κ2) is 18.3. The van der Waals surface area contributed by atoms with E-state index in [0.717, 1.165) is 22.8 Å². The van der Waals surface area contributed by atoms with Crippen LogP contribution in [0.5, 0.6) is 0 Å². The fourth-order valence-corrected chi connectivity index (χ4v) is 4.88. The Bertz CT molecular complexity index is 1180. The van der Waals surface area contributed by atoms with Crippen LogP contribution >= 0.6 is 11.6 Å². The maximum Gasteiger partial charge on any atom is 3.00 e. The van der Waals surface area contributed by atoms with Crippen LogP contribution in [0.2, 0.25) is 5.02 Å². The Kier molecular flexibility index (Phi) is 18.6. The average molecular weight is 681 g/mol. The topological polar surface area (TPSA) is 37.6 Å². The van der Waals surface area contributed by atoms with Gasteiger partial charge in [0.25, 0.3) is 0 Å². The molecule has 0 amide bonds. The summed E-state index contributed by atoms with van der Waals surface area (Å²) in [4.78, 5) is 14.7. The van der Waals surface area contributed by atoms with Gasteiger partial charge in [0.1, 0.15) is 0 Å². The minimum atomic E-state index is 0. The first-order chi connectivity index (χ1) is 17.4. The third kappa shape index (κ3) is 11.0. The van der Waals surface area contributed by atoms with E-state index in [1.165, 1.54) is 33.4 Å². The van der Waals surface area contributed by atoms with Crippen molar-refractivity contribution in [2.45, 2.75) is 92.9 Å². The van der Waals surface area contributed by atoms with E-state index in [1.807, 2.05) is 24.6 Å². The SMILES string of the molecule is Cc1cc(C(C)C)c(N=Cc2cc(Cl)cc(C=Nc3c(C(C)C)cc(C)cc3C(C)C)n2)c(C(C)C)c1.[Cl-].[Cl-].[Cl-].[Co+3]. The first-order valence-electron chi connectivity index (χ1n) is 13.4. The first-order valence-corrected chi connectivity index (χ1v) is 13.8. The number of benzene rings is 2. The number of hydrogen-bond donors (Lipinski definition) is 0. The van der Waals surface area contributed by atoms with E-state index in [2.05, 4.69) is 93.5 Å². The Morgan fingerprint density at radius 2 is 0.829 bits per heavy atom. The van der Waals surface area contributed by atoms with Crippen molar-refractivity contribution in [2.75, 3.05) is 0 Å². The van der Waals surface area contributed by atoms with Crippen LogP contribution in [0, 0.1) is 13.8 Å². The monoisotopic (exact) mass is 679 g/mol. The van der Waals surface area contributed by atoms with E-state index in [9.17, 15) is 0 Å². The summed E-state index contributed by atoms with van der Waals surface area (Å²) in [6, 6.07) is 12.7. The minimum Gasteiger partial charge on any atom is -1.00 e. The number of nitrogens with zero attached hydrogens (tertiary/aromatic N) is 3. The van der Waals surface area contributed by atoms with Crippen molar-refractivity contribution in [3.63, 3.8) is 0 Å². The van der Waals surface area contributed by atoms with Crippen LogP contribution < -0.4 is 37.2 Å². The van der Waals surface area contributed by atoms with Crippen molar-refractivity contribution >= 4 is 35.4 Å². The van der Waals surface area contributed by atoms with Crippen LogP contribution in [-0.2, 0) is 16.8 Å². The van der Waals surface area contributed by atoms with E-state index in [0.29, 0.717) is 28.7 Å². The molecule has 226 valence electrons. The van der Waals surface area contributed by atoms with Gasteiger partial charge >= 0.3 is 16.8 Å². The van der Waals surface area contributed by atoms with E-state index in [1.54, 1.807) is 0 Å². The fourth-order valence-electron chi connectivity index (χ4n) is 4.66. The van der Waals surface area contributed by atoms with Gasteiger partial charge in [0, 0.05) is 5.02 Å². The third-order valence-corrected chi connectivity index (χ3v) is 6.81. The molecule has 0 bridgehead atoms. The molecular formula is C33H42Cl4CoN3. The second-order valence-electron chi connectivity index (χ2n) is 11.4. The van der Waals surface area contributed by atoms with Gasteiger partial charge in [-0.2, -0.15) is 0 Å². The van der Waals surface area contributed by atoms with Crippen molar-refractivity contribution in [2.24, 2.45) is 9.98 Å². The van der Waals surface area contributed by atoms with E-state index >= 15 is 0 Å². The normalized spacial score (nSPS) is 11.2. The maximum atomic E-state index is 6.52. The van der Waals surface area contributed by atoms with Gasteiger partial charge in [-0.3, -0.25) is 9.98 Å². The predicted octanol–water partition coefficient (Wildman–Crippen LogP) is 1.36. The molecule has 0 aliphatic rings. The molecule has 1 aromatic heterocycles. The van der Waals surface area contributed by atoms with Crippen molar-refractivity contribution in [3.8, 4) is 0 Å². The van der Waals surface area contributed by atoms with Crippen molar-refractivity contribution in [1.82, 2.24) is 4.98 Å². The van der Waals surface area contributed by atoms with E-state index < -0.39 is 0 Å². The second-order valence-corrected chi connectivity index (χ2v) is 11.8. The van der Waals surface area contributed by atoms with Crippen LogP contribution in [0.15, 0.2) is 46.4 Å². The van der Waals surface area contributed by atoms with Gasteiger partial charge in [-0.25, -0.2) is 4.98 Å². The molecule has 2 aromatic carbocycles. The zero-order valence-corrected chi connectivity index (χ0v) is 29.7. The molecule has 0 aliphatic heterocycles. The maximum absolute atomic E-state index is 6.52. The fraction of sp³-hybridized carbons (Fsp3) is 0.424. The van der Waals surface area contributed by atoms with Gasteiger partial charge in [-0.1, -0.05) is 102 Å². The molecule has 0 unspecified atom stereocenters. The summed E-state index contributed by atoms with van der Waals surface area (Å²) in [6.45, 7) is 22.0. The summed E-state index contributed by atoms with van der Waals surface area (Å²) in [5, 5.41) is 0.618. The summed E-state index contributed by atoms with van der Waals surface area (Å²) in [7, 11) is 0. The van der Waals surface area contributed by atoms with Gasteiger partial charge in [-0.05, 0) is 71.9 Å². The predicted molar refractivity (Wildman–Crippen MR) is 162 cm³/mol. The number of hydrogen-bond acceptors (Lipinski definition) is 3. The number of aromatic nitrogens is 1.